The van der Waals surface area contributed by atoms with Crippen LogP contribution in [-0.4, -0.2) is 17.0 Å². The molecule has 0 atom stereocenters. The third-order valence-corrected chi connectivity index (χ3v) is 3.48. The molecule has 0 fully saturated rings. The van der Waals surface area contributed by atoms with Crippen LogP contribution in [0.2, 0.25) is 0 Å². The molecule has 2 aromatic carbocycles. The zero-order valence-corrected chi connectivity index (χ0v) is 12.0. The average molecular weight is 335 g/mol. The summed E-state index contributed by atoms with van der Waals surface area (Å²) in [5.41, 5.74) is 2.31. The molecule has 0 aromatic heterocycles. The van der Waals surface area contributed by atoms with Crippen molar-refractivity contribution in [3.8, 4) is 0 Å². The molecular formula is C15H11BrO4. The fourth-order valence-corrected chi connectivity index (χ4v) is 2.10. The van der Waals surface area contributed by atoms with Gasteiger partial charge >= 0.3 is 5.97 Å². The van der Waals surface area contributed by atoms with Crippen LogP contribution in [0.1, 0.15) is 31.8 Å². The van der Waals surface area contributed by atoms with Gasteiger partial charge in [0.1, 0.15) is 0 Å². The van der Waals surface area contributed by atoms with Gasteiger partial charge in [0.15, 0.2) is 5.78 Å². The first-order valence-electron chi connectivity index (χ1n) is 5.81. The Labute approximate surface area is 124 Å². The van der Waals surface area contributed by atoms with Crippen molar-refractivity contribution in [1.82, 2.24) is 0 Å². The monoisotopic (exact) mass is 334 g/mol. The largest absolute Gasteiger partial charge is 0.372 e. The summed E-state index contributed by atoms with van der Waals surface area (Å²) in [5, 5.41) is 9.01. The topological polar surface area (TPSA) is 63.6 Å². The highest BCUT2D eigenvalue weighted by Gasteiger charge is 2.11. The molecule has 4 nitrogen and oxygen atoms in total. The molecule has 102 valence electrons. The Hall–Kier alpha value is -1.98. The second kappa shape index (κ2) is 6.45. The predicted molar refractivity (Wildman–Crippen MR) is 77.0 cm³/mol. The van der Waals surface area contributed by atoms with Crippen LogP contribution in [0, 0.1) is 0 Å². The lowest BCUT2D eigenvalue weighted by Crippen LogP contribution is -2.04. The summed E-state index contributed by atoms with van der Waals surface area (Å²) < 4.78 is 0. The van der Waals surface area contributed by atoms with Crippen molar-refractivity contribution in [1.29, 1.82) is 0 Å². The number of carbonyl (C=O) groups is 2. The Morgan fingerprint density at radius 2 is 1.35 bits per heavy atom. The molecule has 0 amide bonds. The highest BCUT2D eigenvalue weighted by molar-refractivity contribution is 9.08. The molecule has 0 aliphatic carbocycles. The Morgan fingerprint density at radius 1 is 0.900 bits per heavy atom. The quantitative estimate of drug-likeness (QED) is 0.402. The Balaban J connectivity index is 2.22. The summed E-state index contributed by atoms with van der Waals surface area (Å²) in [4.78, 5) is 26.9. The van der Waals surface area contributed by atoms with E-state index in [1.54, 1.807) is 12.1 Å². The smallest absolute Gasteiger partial charge is 0.296 e. The minimum atomic E-state index is -0.856. The van der Waals surface area contributed by atoms with Gasteiger partial charge in [-0.1, -0.05) is 52.3 Å². The van der Waals surface area contributed by atoms with E-state index in [-0.39, 0.29) is 11.3 Å². The van der Waals surface area contributed by atoms with E-state index >= 15 is 0 Å². The summed E-state index contributed by atoms with van der Waals surface area (Å²) in [5.74, 6) is -0.985. The lowest BCUT2D eigenvalue weighted by Gasteiger charge is -2.03. The van der Waals surface area contributed by atoms with Crippen LogP contribution in [-0.2, 0) is 10.2 Å². The van der Waals surface area contributed by atoms with Crippen molar-refractivity contribution in [2.45, 2.75) is 5.33 Å². The van der Waals surface area contributed by atoms with Gasteiger partial charge in [0, 0.05) is 16.5 Å². The molecule has 0 saturated heterocycles. The molecule has 0 spiro atoms. The molecule has 1 N–H and O–H groups in total. The maximum atomic E-state index is 12.2. The molecule has 0 radical (unpaired) electrons. The molecule has 0 heterocycles. The van der Waals surface area contributed by atoms with E-state index in [1.165, 1.54) is 24.3 Å². The number of hydrogen-bond donors (Lipinski definition) is 1. The number of benzene rings is 2. The summed E-state index contributed by atoms with van der Waals surface area (Å²) in [6.07, 6.45) is 0. The number of ketones is 1. The number of alkyl halides is 1. The van der Waals surface area contributed by atoms with Crippen LogP contribution >= 0.6 is 15.9 Å². The zero-order chi connectivity index (χ0) is 14.5. The summed E-state index contributed by atoms with van der Waals surface area (Å²) >= 11 is 3.34. The van der Waals surface area contributed by atoms with Gasteiger partial charge in [0.2, 0.25) is 0 Å². The van der Waals surface area contributed by atoms with E-state index in [0.717, 1.165) is 10.9 Å². The normalized spacial score (nSPS) is 10.1. The minimum Gasteiger partial charge on any atom is -0.296 e. The van der Waals surface area contributed by atoms with E-state index in [4.69, 9.17) is 5.26 Å². The molecular weight excluding hydrogens is 324 g/mol. The fourth-order valence-electron chi connectivity index (χ4n) is 1.72. The summed E-state index contributed by atoms with van der Waals surface area (Å²) in [6, 6.07) is 13.2. The van der Waals surface area contributed by atoms with Gasteiger partial charge < -0.3 is 0 Å². The number of carbonyl (C=O) groups excluding carboxylic acids is 2. The highest BCUT2D eigenvalue weighted by Crippen LogP contribution is 2.14. The Morgan fingerprint density at radius 3 is 1.80 bits per heavy atom. The molecule has 0 unspecified atom stereocenters. The molecule has 0 aliphatic rings. The van der Waals surface area contributed by atoms with Crippen LogP contribution in [0.4, 0.5) is 0 Å². The fraction of sp³-hybridized carbons (Fsp3) is 0.0667. The van der Waals surface area contributed by atoms with E-state index < -0.39 is 5.97 Å². The van der Waals surface area contributed by atoms with Gasteiger partial charge in [-0.25, -0.2) is 4.79 Å². The summed E-state index contributed by atoms with van der Waals surface area (Å²) in [7, 11) is 0. The van der Waals surface area contributed by atoms with Gasteiger partial charge in [0.05, 0.1) is 5.56 Å². The van der Waals surface area contributed by atoms with Crippen molar-refractivity contribution in [3.05, 3.63) is 70.8 Å². The maximum absolute atomic E-state index is 12.2. The Kier molecular flexibility index (Phi) is 4.65. The van der Waals surface area contributed by atoms with Gasteiger partial charge in [-0.2, -0.15) is 5.26 Å². The molecule has 2 rings (SSSR count). The third kappa shape index (κ3) is 3.12. The second-order valence-electron chi connectivity index (χ2n) is 4.12. The minimum absolute atomic E-state index is 0.130. The van der Waals surface area contributed by atoms with E-state index in [0.29, 0.717) is 11.1 Å². The second-order valence-corrected chi connectivity index (χ2v) is 4.68. The van der Waals surface area contributed by atoms with Gasteiger partial charge in [-0.05, 0) is 17.7 Å². The van der Waals surface area contributed by atoms with Crippen molar-refractivity contribution < 1.29 is 19.7 Å². The predicted octanol–water partition coefficient (Wildman–Crippen LogP) is 3.44. The van der Waals surface area contributed by atoms with Crippen LogP contribution in [0.15, 0.2) is 48.5 Å². The van der Waals surface area contributed by atoms with Gasteiger partial charge in [0.25, 0.3) is 0 Å². The van der Waals surface area contributed by atoms with Gasteiger partial charge in [-0.3, -0.25) is 9.68 Å². The van der Waals surface area contributed by atoms with E-state index in [2.05, 4.69) is 20.8 Å². The molecule has 0 aliphatic heterocycles. The molecule has 5 heteroatoms. The molecule has 20 heavy (non-hydrogen) atoms. The van der Waals surface area contributed by atoms with E-state index in [1.807, 2.05) is 12.1 Å². The number of rotatable bonds is 4. The van der Waals surface area contributed by atoms with Crippen LogP contribution in [0.5, 0.6) is 0 Å². The average Bonchev–Trinajstić information content (AvgIpc) is 2.53. The van der Waals surface area contributed by atoms with Crippen LogP contribution in [0.25, 0.3) is 0 Å². The van der Waals surface area contributed by atoms with Crippen molar-refractivity contribution >= 4 is 27.7 Å². The first-order chi connectivity index (χ1) is 9.65. The lowest BCUT2D eigenvalue weighted by molar-refractivity contribution is -0.182. The van der Waals surface area contributed by atoms with Gasteiger partial charge in [-0.15, -0.1) is 0 Å². The maximum Gasteiger partial charge on any atom is 0.372 e. The number of hydrogen-bond acceptors (Lipinski definition) is 4. The van der Waals surface area contributed by atoms with Crippen molar-refractivity contribution in [2.24, 2.45) is 0 Å². The lowest BCUT2D eigenvalue weighted by atomic mass is 10.0. The first kappa shape index (κ1) is 14.4. The standard InChI is InChI=1S/C15H11BrO4/c16-9-10-1-3-11(4-2-10)14(17)12-5-7-13(8-6-12)15(18)20-19/h1-8,19H,9H2. The summed E-state index contributed by atoms with van der Waals surface area (Å²) in [6.45, 7) is 0. The van der Waals surface area contributed by atoms with E-state index in [9.17, 15) is 9.59 Å². The third-order valence-electron chi connectivity index (χ3n) is 2.84. The molecule has 2 aromatic rings. The number of halogens is 1. The Bertz CT molecular complexity index is 617. The highest BCUT2D eigenvalue weighted by atomic mass is 79.9. The van der Waals surface area contributed by atoms with Crippen molar-refractivity contribution in [3.63, 3.8) is 0 Å². The van der Waals surface area contributed by atoms with Crippen LogP contribution < -0.4 is 0 Å². The SMILES string of the molecule is O=C(OO)c1ccc(C(=O)c2ccc(CBr)cc2)cc1. The zero-order valence-electron chi connectivity index (χ0n) is 10.4. The van der Waals surface area contributed by atoms with Crippen LogP contribution in [0.3, 0.4) is 0 Å². The molecule has 0 saturated carbocycles. The van der Waals surface area contributed by atoms with Crippen molar-refractivity contribution in [2.75, 3.05) is 0 Å². The first-order valence-corrected chi connectivity index (χ1v) is 6.93. The molecule has 0 bridgehead atoms.